The minimum atomic E-state index is -0.929. The van der Waals surface area contributed by atoms with E-state index in [-0.39, 0.29) is 10.7 Å². The SMILES string of the molecule is CC(C)(C)S(=O)CCNC(=O)c1sccc1Br. The minimum absolute atomic E-state index is 0.113. The number of hydrogen-bond acceptors (Lipinski definition) is 3. The first kappa shape index (κ1) is 14.9. The van der Waals surface area contributed by atoms with Crippen LogP contribution in [0.5, 0.6) is 0 Å². The zero-order valence-corrected chi connectivity index (χ0v) is 13.3. The summed E-state index contributed by atoms with van der Waals surface area (Å²) >= 11 is 4.70. The van der Waals surface area contributed by atoms with Crippen LogP contribution in [0.25, 0.3) is 0 Å². The molecule has 96 valence electrons. The molecule has 1 amide bonds. The van der Waals surface area contributed by atoms with Crippen LogP contribution in [0, 0.1) is 0 Å². The van der Waals surface area contributed by atoms with Crippen LogP contribution in [-0.2, 0) is 10.8 Å². The number of carbonyl (C=O) groups is 1. The van der Waals surface area contributed by atoms with Crippen molar-refractivity contribution in [3.8, 4) is 0 Å². The number of thiophene rings is 1. The molecule has 0 spiro atoms. The Morgan fingerprint density at radius 2 is 2.18 bits per heavy atom. The van der Waals surface area contributed by atoms with Gasteiger partial charge in [0, 0.05) is 32.3 Å². The first-order chi connectivity index (χ1) is 7.82. The van der Waals surface area contributed by atoms with Crippen LogP contribution in [0.2, 0.25) is 0 Å². The Bertz CT molecular complexity index is 423. The predicted octanol–water partition coefficient (Wildman–Crippen LogP) is 2.79. The van der Waals surface area contributed by atoms with Gasteiger partial charge in [0.05, 0.1) is 0 Å². The molecule has 0 aliphatic rings. The molecule has 0 aromatic carbocycles. The number of carbonyl (C=O) groups excluding carboxylic acids is 1. The van der Waals surface area contributed by atoms with E-state index in [1.54, 1.807) is 0 Å². The summed E-state index contributed by atoms with van der Waals surface area (Å²) in [7, 11) is -0.929. The van der Waals surface area contributed by atoms with E-state index in [2.05, 4.69) is 21.2 Å². The summed E-state index contributed by atoms with van der Waals surface area (Å²) in [4.78, 5) is 12.4. The lowest BCUT2D eigenvalue weighted by Gasteiger charge is -2.17. The quantitative estimate of drug-likeness (QED) is 0.918. The maximum atomic E-state index is 11.8. The van der Waals surface area contributed by atoms with Crippen LogP contribution in [0.15, 0.2) is 15.9 Å². The van der Waals surface area contributed by atoms with Gasteiger partial charge in [0.1, 0.15) is 4.88 Å². The monoisotopic (exact) mass is 337 g/mol. The van der Waals surface area contributed by atoms with E-state index in [0.717, 1.165) is 4.47 Å². The molecule has 1 heterocycles. The van der Waals surface area contributed by atoms with Crippen molar-refractivity contribution in [3.63, 3.8) is 0 Å². The van der Waals surface area contributed by atoms with Gasteiger partial charge in [0.2, 0.25) is 0 Å². The molecular formula is C11H16BrNO2S2. The molecule has 3 nitrogen and oxygen atoms in total. The van der Waals surface area contributed by atoms with Crippen LogP contribution < -0.4 is 5.32 Å². The van der Waals surface area contributed by atoms with Gasteiger partial charge in [0.15, 0.2) is 0 Å². The summed E-state index contributed by atoms with van der Waals surface area (Å²) in [5, 5.41) is 4.63. The van der Waals surface area contributed by atoms with E-state index in [1.165, 1.54) is 11.3 Å². The Hall–Kier alpha value is -0.200. The second kappa shape index (κ2) is 6.11. The van der Waals surface area contributed by atoms with Crippen molar-refractivity contribution in [1.82, 2.24) is 5.32 Å². The van der Waals surface area contributed by atoms with Crippen molar-refractivity contribution < 1.29 is 9.00 Å². The molecule has 0 saturated heterocycles. The molecule has 0 saturated carbocycles. The summed E-state index contributed by atoms with van der Waals surface area (Å²) in [6, 6.07) is 1.84. The van der Waals surface area contributed by atoms with E-state index in [0.29, 0.717) is 17.2 Å². The normalized spacial score (nSPS) is 13.4. The van der Waals surface area contributed by atoms with Crippen LogP contribution in [-0.4, -0.2) is 27.2 Å². The Kier molecular flexibility index (Phi) is 5.34. The van der Waals surface area contributed by atoms with Gasteiger partial charge >= 0.3 is 0 Å². The Labute approximate surface area is 117 Å². The lowest BCUT2D eigenvalue weighted by Crippen LogP contribution is -2.32. The zero-order chi connectivity index (χ0) is 13.1. The average molecular weight is 338 g/mol. The van der Waals surface area contributed by atoms with Crippen molar-refractivity contribution in [1.29, 1.82) is 0 Å². The van der Waals surface area contributed by atoms with E-state index in [9.17, 15) is 9.00 Å². The number of nitrogens with one attached hydrogen (secondary N) is 1. The molecule has 0 fully saturated rings. The number of amides is 1. The summed E-state index contributed by atoms with van der Waals surface area (Å²) in [5.41, 5.74) is 0. The fourth-order valence-corrected chi connectivity index (χ4v) is 3.47. The molecule has 1 unspecified atom stereocenters. The molecule has 1 N–H and O–H groups in total. The fourth-order valence-electron chi connectivity index (χ4n) is 1.10. The van der Waals surface area contributed by atoms with Gasteiger partial charge in [-0.05, 0) is 48.1 Å². The van der Waals surface area contributed by atoms with Gasteiger partial charge < -0.3 is 5.32 Å². The van der Waals surface area contributed by atoms with Gasteiger partial charge in [-0.15, -0.1) is 11.3 Å². The summed E-state index contributed by atoms with van der Waals surface area (Å²) in [5.74, 6) is 0.371. The molecule has 17 heavy (non-hydrogen) atoms. The molecule has 1 aromatic rings. The molecule has 0 aliphatic carbocycles. The van der Waals surface area contributed by atoms with Crippen molar-refractivity contribution in [3.05, 3.63) is 20.8 Å². The number of halogens is 1. The maximum absolute atomic E-state index is 11.8. The third-order valence-corrected chi connectivity index (χ3v) is 5.86. The van der Waals surface area contributed by atoms with Crippen molar-refractivity contribution in [2.45, 2.75) is 25.5 Å². The summed E-state index contributed by atoms with van der Waals surface area (Å²) < 4.78 is 12.3. The number of hydrogen-bond donors (Lipinski definition) is 1. The predicted molar refractivity (Wildman–Crippen MR) is 77.1 cm³/mol. The van der Waals surface area contributed by atoms with Crippen LogP contribution in [0.4, 0.5) is 0 Å². The second-order valence-electron chi connectivity index (χ2n) is 4.52. The lowest BCUT2D eigenvalue weighted by atomic mass is 10.3. The van der Waals surface area contributed by atoms with E-state index in [4.69, 9.17) is 0 Å². The molecule has 1 aromatic heterocycles. The maximum Gasteiger partial charge on any atom is 0.262 e. The van der Waals surface area contributed by atoms with Crippen LogP contribution in [0.3, 0.4) is 0 Å². The topological polar surface area (TPSA) is 46.2 Å². The minimum Gasteiger partial charge on any atom is -0.350 e. The van der Waals surface area contributed by atoms with Crippen molar-refractivity contribution in [2.75, 3.05) is 12.3 Å². The van der Waals surface area contributed by atoms with Gasteiger partial charge in [-0.3, -0.25) is 9.00 Å². The largest absolute Gasteiger partial charge is 0.350 e. The van der Waals surface area contributed by atoms with Gasteiger partial charge in [0.25, 0.3) is 5.91 Å². The molecule has 1 atom stereocenters. The van der Waals surface area contributed by atoms with Crippen LogP contribution in [0.1, 0.15) is 30.4 Å². The van der Waals surface area contributed by atoms with E-state index >= 15 is 0 Å². The van der Waals surface area contributed by atoms with E-state index < -0.39 is 10.8 Å². The van der Waals surface area contributed by atoms with Gasteiger partial charge in [-0.1, -0.05) is 0 Å². The smallest absolute Gasteiger partial charge is 0.262 e. The Morgan fingerprint density at radius 1 is 1.53 bits per heavy atom. The standard InChI is InChI=1S/C11H16BrNO2S2/c1-11(2,3)17(15)7-5-13-10(14)9-8(12)4-6-16-9/h4,6H,5,7H2,1-3H3,(H,13,14). The molecule has 0 aliphatic heterocycles. The highest BCUT2D eigenvalue weighted by Crippen LogP contribution is 2.22. The lowest BCUT2D eigenvalue weighted by molar-refractivity contribution is 0.0959. The van der Waals surface area contributed by atoms with Gasteiger partial charge in [-0.25, -0.2) is 0 Å². The summed E-state index contributed by atoms with van der Waals surface area (Å²) in [6.07, 6.45) is 0. The Balaban J connectivity index is 2.41. The molecular weight excluding hydrogens is 322 g/mol. The van der Waals surface area contributed by atoms with E-state index in [1.807, 2.05) is 32.2 Å². The molecule has 1 rings (SSSR count). The van der Waals surface area contributed by atoms with Crippen molar-refractivity contribution in [2.24, 2.45) is 0 Å². The molecule has 0 radical (unpaired) electrons. The van der Waals surface area contributed by atoms with Gasteiger partial charge in [-0.2, -0.15) is 0 Å². The second-order valence-corrected chi connectivity index (χ2v) is 8.61. The first-order valence-corrected chi connectivity index (χ1v) is 8.21. The fraction of sp³-hybridized carbons (Fsp3) is 0.545. The number of rotatable bonds is 4. The highest BCUT2D eigenvalue weighted by molar-refractivity contribution is 9.10. The highest BCUT2D eigenvalue weighted by atomic mass is 79.9. The van der Waals surface area contributed by atoms with Crippen molar-refractivity contribution >= 4 is 44.0 Å². The van der Waals surface area contributed by atoms with Crippen LogP contribution >= 0.6 is 27.3 Å². The highest BCUT2D eigenvalue weighted by Gasteiger charge is 2.19. The molecule has 0 bridgehead atoms. The molecule has 6 heteroatoms. The first-order valence-electron chi connectivity index (χ1n) is 5.22. The summed E-state index contributed by atoms with van der Waals surface area (Å²) in [6.45, 7) is 6.23. The Morgan fingerprint density at radius 3 is 2.65 bits per heavy atom. The zero-order valence-electron chi connectivity index (χ0n) is 10.1. The third kappa shape index (κ3) is 4.52. The third-order valence-electron chi connectivity index (χ3n) is 2.08. The average Bonchev–Trinajstić information content (AvgIpc) is 2.62.